The number of piperidine rings is 1. The molecule has 1 aromatic rings. The summed E-state index contributed by atoms with van der Waals surface area (Å²) in [5.74, 6) is 1.64. The molecule has 1 unspecified atom stereocenters. The lowest BCUT2D eigenvalue weighted by atomic mass is 9.78. The lowest BCUT2D eigenvalue weighted by Crippen LogP contribution is -2.55. The summed E-state index contributed by atoms with van der Waals surface area (Å²) in [7, 11) is 3.79. The van der Waals surface area contributed by atoms with Crippen LogP contribution in [0.4, 0.5) is 5.69 Å². The third-order valence-corrected chi connectivity index (χ3v) is 4.46. The third kappa shape index (κ3) is 2.71. The number of ether oxygens (including phenoxy) is 1. The quantitative estimate of drug-likeness (QED) is 0.903. The molecule has 106 valence electrons. The Labute approximate surface area is 116 Å². The van der Waals surface area contributed by atoms with Crippen molar-refractivity contribution < 1.29 is 4.74 Å². The van der Waals surface area contributed by atoms with Crippen molar-refractivity contribution in [2.45, 2.75) is 32.2 Å². The molecule has 3 heteroatoms. The van der Waals surface area contributed by atoms with Gasteiger partial charge in [-0.2, -0.15) is 0 Å². The molecule has 1 N–H and O–H groups in total. The Morgan fingerprint density at radius 1 is 1.37 bits per heavy atom. The molecule has 0 aliphatic carbocycles. The fourth-order valence-corrected chi connectivity index (χ4v) is 3.24. The molecule has 19 heavy (non-hydrogen) atoms. The van der Waals surface area contributed by atoms with Crippen LogP contribution in [0.25, 0.3) is 0 Å². The molecule has 3 nitrogen and oxygen atoms in total. The van der Waals surface area contributed by atoms with Crippen LogP contribution < -0.4 is 15.0 Å². The summed E-state index contributed by atoms with van der Waals surface area (Å²) in [5.41, 5.74) is 1.37. The van der Waals surface area contributed by atoms with Crippen molar-refractivity contribution in [1.29, 1.82) is 0 Å². The maximum absolute atomic E-state index is 5.53. The molecule has 1 atom stereocenters. The Hall–Kier alpha value is -1.22. The Morgan fingerprint density at radius 3 is 2.79 bits per heavy atom. The molecule has 0 spiro atoms. The fraction of sp³-hybridized carbons (Fsp3) is 0.625. The Bertz CT molecular complexity index is 415. The van der Waals surface area contributed by atoms with Gasteiger partial charge in [-0.05, 0) is 58.3 Å². The highest BCUT2D eigenvalue weighted by Gasteiger charge is 2.38. The zero-order valence-electron chi connectivity index (χ0n) is 12.6. The van der Waals surface area contributed by atoms with Crippen molar-refractivity contribution in [3.63, 3.8) is 0 Å². The van der Waals surface area contributed by atoms with Crippen molar-refractivity contribution in [2.75, 3.05) is 32.1 Å². The van der Waals surface area contributed by atoms with Gasteiger partial charge in [0.05, 0.1) is 12.8 Å². The van der Waals surface area contributed by atoms with Crippen LogP contribution in [0.5, 0.6) is 5.75 Å². The van der Waals surface area contributed by atoms with E-state index in [1.807, 2.05) is 19.2 Å². The molecule has 1 fully saturated rings. The minimum Gasteiger partial charge on any atom is -0.495 e. The van der Waals surface area contributed by atoms with Gasteiger partial charge in [-0.25, -0.2) is 0 Å². The first kappa shape index (κ1) is 14.2. The highest BCUT2D eigenvalue weighted by molar-refractivity contribution is 5.60. The number of para-hydroxylation sites is 2. The van der Waals surface area contributed by atoms with Crippen LogP contribution in [-0.4, -0.2) is 32.8 Å². The minimum atomic E-state index is 0.149. The Kier molecular flexibility index (Phi) is 4.35. The third-order valence-electron chi connectivity index (χ3n) is 4.46. The number of rotatable bonds is 4. The summed E-state index contributed by atoms with van der Waals surface area (Å²) < 4.78 is 5.53. The summed E-state index contributed by atoms with van der Waals surface area (Å²) in [5, 5.41) is 3.34. The van der Waals surface area contributed by atoms with E-state index in [0.29, 0.717) is 5.92 Å². The second kappa shape index (κ2) is 5.83. The van der Waals surface area contributed by atoms with E-state index >= 15 is 0 Å². The van der Waals surface area contributed by atoms with E-state index in [4.69, 9.17) is 4.74 Å². The number of hydrogen-bond acceptors (Lipinski definition) is 3. The first-order valence-electron chi connectivity index (χ1n) is 7.16. The van der Waals surface area contributed by atoms with Gasteiger partial charge < -0.3 is 15.0 Å². The maximum Gasteiger partial charge on any atom is 0.142 e. The summed E-state index contributed by atoms with van der Waals surface area (Å²) in [6, 6.07) is 8.34. The van der Waals surface area contributed by atoms with Gasteiger partial charge in [-0.3, -0.25) is 0 Å². The number of anilines is 1. The summed E-state index contributed by atoms with van der Waals surface area (Å²) in [4.78, 5) is 2.51. The van der Waals surface area contributed by atoms with E-state index in [9.17, 15) is 0 Å². The second-order valence-electron chi connectivity index (χ2n) is 5.87. The Morgan fingerprint density at radius 2 is 2.11 bits per heavy atom. The van der Waals surface area contributed by atoms with Crippen molar-refractivity contribution in [1.82, 2.24) is 5.32 Å². The molecular formula is C16H26N2O. The van der Waals surface area contributed by atoms with Crippen molar-refractivity contribution in [3.05, 3.63) is 24.3 Å². The zero-order valence-corrected chi connectivity index (χ0v) is 12.6. The van der Waals surface area contributed by atoms with E-state index in [0.717, 1.165) is 18.8 Å². The molecule has 0 amide bonds. The predicted molar refractivity (Wildman–Crippen MR) is 81.1 cm³/mol. The molecular weight excluding hydrogens is 236 g/mol. The van der Waals surface area contributed by atoms with E-state index in [2.05, 4.69) is 36.2 Å². The van der Waals surface area contributed by atoms with E-state index < -0.39 is 0 Å². The summed E-state index contributed by atoms with van der Waals surface area (Å²) in [6.07, 6.45) is 2.54. The lowest BCUT2D eigenvalue weighted by Gasteiger charge is -2.50. The number of nitrogens with zero attached hydrogens (tertiary/aromatic N) is 1. The van der Waals surface area contributed by atoms with Crippen LogP contribution in [0.15, 0.2) is 24.3 Å². The van der Waals surface area contributed by atoms with Gasteiger partial charge >= 0.3 is 0 Å². The fourth-order valence-electron chi connectivity index (χ4n) is 3.24. The molecule has 1 aliphatic heterocycles. The first-order valence-corrected chi connectivity index (χ1v) is 7.16. The first-order chi connectivity index (χ1) is 9.11. The van der Waals surface area contributed by atoms with E-state index in [-0.39, 0.29) is 5.54 Å². The largest absolute Gasteiger partial charge is 0.495 e. The van der Waals surface area contributed by atoms with E-state index in [1.54, 1.807) is 7.11 Å². The number of hydrogen-bond donors (Lipinski definition) is 1. The molecule has 0 radical (unpaired) electrons. The van der Waals surface area contributed by atoms with Gasteiger partial charge in [0.25, 0.3) is 0 Å². The molecule has 1 aromatic carbocycles. The molecule has 1 heterocycles. The predicted octanol–water partition coefficient (Wildman–Crippen LogP) is 2.91. The Balaban J connectivity index is 2.32. The second-order valence-corrected chi connectivity index (χ2v) is 5.87. The van der Waals surface area contributed by atoms with E-state index in [1.165, 1.54) is 18.5 Å². The van der Waals surface area contributed by atoms with Gasteiger partial charge in [0.15, 0.2) is 0 Å². The molecule has 0 aromatic heterocycles. The molecule has 0 saturated carbocycles. The molecule has 2 rings (SSSR count). The van der Waals surface area contributed by atoms with Gasteiger partial charge in [0.2, 0.25) is 0 Å². The summed E-state index contributed by atoms with van der Waals surface area (Å²) >= 11 is 0. The average molecular weight is 262 g/mol. The van der Waals surface area contributed by atoms with Gasteiger partial charge in [-0.15, -0.1) is 0 Å². The summed E-state index contributed by atoms with van der Waals surface area (Å²) in [6.45, 7) is 6.87. The number of methoxy groups -OCH3 is 1. The number of benzene rings is 1. The number of nitrogens with one attached hydrogen (secondary N) is 1. The van der Waals surface area contributed by atoms with Gasteiger partial charge in [-0.1, -0.05) is 12.1 Å². The topological polar surface area (TPSA) is 24.5 Å². The van der Waals surface area contributed by atoms with Crippen LogP contribution in [-0.2, 0) is 0 Å². The zero-order chi connectivity index (χ0) is 13.9. The highest BCUT2D eigenvalue weighted by Crippen LogP contribution is 2.40. The van der Waals surface area contributed by atoms with Crippen molar-refractivity contribution in [3.8, 4) is 5.75 Å². The lowest BCUT2D eigenvalue weighted by molar-refractivity contribution is 0.233. The minimum absolute atomic E-state index is 0.149. The van der Waals surface area contributed by atoms with Crippen LogP contribution in [0, 0.1) is 5.92 Å². The highest BCUT2D eigenvalue weighted by atomic mass is 16.5. The normalized spacial score (nSPS) is 22.3. The van der Waals surface area contributed by atoms with Gasteiger partial charge in [0.1, 0.15) is 5.75 Å². The van der Waals surface area contributed by atoms with Gasteiger partial charge in [0, 0.05) is 12.1 Å². The molecule has 0 bridgehead atoms. The van der Waals surface area contributed by atoms with Crippen molar-refractivity contribution >= 4 is 5.69 Å². The smallest absolute Gasteiger partial charge is 0.142 e. The van der Waals surface area contributed by atoms with Crippen molar-refractivity contribution in [2.24, 2.45) is 5.92 Å². The van der Waals surface area contributed by atoms with Crippen LogP contribution >= 0.6 is 0 Å². The SMILES string of the molecule is CNCC1CCCN(c2ccccc2OC)C1(C)C. The molecule has 1 aliphatic rings. The average Bonchev–Trinajstić information content (AvgIpc) is 2.41. The monoisotopic (exact) mass is 262 g/mol. The maximum atomic E-state index is 5.53. The van der Waals surface area contributed by atoms with Crippen LogP contribution in [0.3, 0.4) is 0 Å². The molecule has 1 saturated heterocycles. The standard InChI is InChI=1S/C16H26N2O/c1-16(2)13(12-17-3)8-7-11-18(16)14-9-5-6-10-15(14)19-4/h5-6,9-10,13,17H,7-8,11-12H2,1-4H3. The van der Waals surface area contributed by atoms with Crippen LogP contribution in [0.1, 0.15) is 26.7 Å². The van der Waals surface area contributed by atoms with Crippen LogP contribution in [0.2, 0.25) is 0 Å².